The number of fused-ring (bicyclic) bond motifs is 1. The number of likely N-dealkylation sites (tertiary alicyclic amines) is 1. The van der Waals surface area contributed by atoms with Crippen molar-refractivity contribution in [2.75, 3.05) is 25.0 Å². The highest BCUT2D eigenvalue weighted by atomic mass is 16.6. The first-order chi connectivity index (χ1) is 17.6. The molecule has 1 unspecified atom stereocenters. The molecule has 8 nitrogen and oxygen atoms in total. The van der Waals surface area contributed by atoms with Crippen LogP contribution < -0.4 is 5.32 Å². The van der Waals surface area contributed by atoms with E-state index in [1.807, 2.05) is 37.8 Å². The number of piperidine rings is 1. The van der Waals surface area contributed by atoms with Crippen molar-refractivity contribution in [1.82, 2.24) is 14.8 Å². The lowest BCUT2D eigenvalue weighted by Crippen LogP contribution is -2.53. The van der Waals surface area contributed by atoms with Gasteiger partial charge in [0.25, 0.3) is 5.91 Å². The Morgan fingerprint density at radius 3 is 2.73 bits per heavy atom. The number of aryl methyl sites for hydroxylation is 2. The van der Waals surface area contributed by atoms with Crippen LogP contribution in [0.4, 0.5) is 10.6 Å². The lowest BCUT2D eigenvalue weighted by atomic mass is 9.94. The number of hydrogen-bond acceptors (Lipinski definition) is 6. The minimum Gasteiger partial charge on any atom is -0.467 e. The topological polar surface area (TPSA) is 87.9 Å². The third-order valence-corrected chi connectivity index (χ3v) is 6.85. The molecule has 1 N–H and O–H groups in total. The minimum absolute atomic E-state index is 0.0347. The molecule has 8 heteroatoms. The van der Waals surface area contributed by atoms with Gasteiger partial charge in [-0.05, 0) is 89.0 Å². The monoisotopic (exact) mass is 510 g/mol. The van der Waals surface area contributed by atoms with Crippen LogP contribution in [0, 0.1) is 5.92 Å². The first kappa shape index (κ1) is 27.0. The first-order valence-electron chi connectivity index (χ1n) is 13.7. The van der Waals surface area contributed by atoms with Gasteiger partial charge in [0, 0.05) is 31.4 Å². The van der Waals surface area contributed by atoms with Crippen LogP contribution in [-0.2, 0) is 24.1 Å². The fourth-order valence-electron chi connectivity index (χ4n) is 5.16. The normalized spacial score (nSPS) is 17.9. The lowest BCUT2D eigenvalue weighted by molar-refractivity contribution is 0.00946. The number of pyridine rings is 1. The van der Waals surface area contributed by atoms with Gasteiger partial charge in [0.15, 0.2) is 0 Å². The van der Waals surface area contributed by atoms with Crippen LogP contribution >= 0.6 is 0 Å². The van der Waals surface area contributed by atoms with E-state index in [0.717, 1.165) is 50.0 Å². The van der Waals surface area contributed by atoms with Gasteiger partial charge in [-0.25, -0.2) is 9.78 Å². The average molecular weight is 511 g/mol. The molecule has 0 bridgehead atoms. The third kappa shape index (κ3) is 7.05. The molecule has 2 amide bonds. The molecule has 1 aliphatic heterocycles. The van der Waals surface area contributed by atoms with E-state index in [1.165, 1.54) is 5.56 Å². The first-order valence-corrected chi connectivity index (χ1v) is 13.7. The van der Waals surface area contributed by atoms with Gasteiger partial charge in [0.2, 0.25) is 0 Å². The van der Waals surface area contributed by atoms with Gasteiger partial charge >= 0.3 is 6.09 Å². The van der Waals surface area contributed by atoms with E-state index in [0.29, 0.717) is 37.6 Å². The van der Waals surface area contributed by atoms with E-state index in [2.05, 4.69) is 25.2 Å². The number of nitrogens with zero attached hydrogens (tertiary/aromatic N) is 3. The van der Waals surface area contributed by atoms with Gasteiger partial charge in [-0.2, -0.15) is 0 Å². The van der Waals surface area contributed by atoms with Crippen molar-refractivity contribution >= 4 is 17.8 Å². The standard InChI is InChI=1S/C29H42N4O4/c1-20(2)18-33(22-11-8-14-32(19-22)28(35)37-29(3,4)5)27(34)24-16-21-10-6-7-13-25(21)31-26(24)30-17-23-12-9-15-36-23/h9,12,15-16,20,22H,6-8,10-11,13-14,17-19H2,1-5H3,(H,30,31). The molecule has 0 saturated carbocycles. The number of rotatable bonds is 7. The third-order valence-electron chi connectivity index (χ3n) is 6.85. The maximum absolute atomic E-state index is 14.2. The Balaban J connectivity index is 1.61. The molecule has 0 radical (unpaired) electrons. The zero-order valence-electron chi connectivity index (χ0n) is 23.0. The van der Waals surface area contributed by atoms with Crippen molar-refractivity contribution in [1.29, 1.82) is 0 Å². The fourth-order valence-corrected chi connectivity index (χ4v) is 5.16. The summed E-state index contributed by atoms with van der Waals surface area (Å²) in [4.78, 5) is 35.7. The number of carbonyl (C=O) groups is 2. The highest BCUT2D eigenvalue weighted by molar-refractivity contribution is 5.99. The quantitative estimate of drug-likeness (QED) is 0.517. The Bertz CT molecular complexity index is 1070. The molecule has 2 aromatic heterocycles. The molecule has 1 atom stereocenters. The number of aromatic nitrogens is 1. The van der Waals surface area contributed by atoms with Gasteiger partial charge in [-0.15, -0.1) is 0 Å². The summed E-state index contributed by atoms with van der Waals surface area (Å²) >= 11 is 0. The summed E-state index contributed by atoms with van der Waals surface area (Å²) in [7, 11) is 0. The van der Waals surface area contributed by atoms with Crippen molar-refractivity contribution < 1.29 is 18.7 Å². The van der Waals surface area contributed by atoms with E-state index < -0.39 is 5.60 Å². The Morgan fingerprint density at radius 2 is 2.03 bits per heavy atom. The molecule has 2 aliphatic rings. The number of anilines is 1. The van der Waals surface area contributed by atoms with E-state index in [4.69, 9.17) is 14.1 Å². The predicted octanol–water partition coefficient (Wildman–Crippen LogP) is 5.66. The van der Waals surface area contributed by atoms with Crippen LogP contribution in [0.2, 0.25) is 0 Å². The molecule has 0 aromatic carbocycles. The number of furan rings is 1. The number of ether oxygens (including phenoxy) is 1. The zero-order valence-corrected chi connectivity index (χ0v) is 23.0. The van der Waals surface area contributed by atoms with Crippen molar-refractivity contribution in [3.63, 3.8) is 0 Å². The second kappa shape index (κ2) is 11.6. The summed E-state index contributed by atoms with van der Waals surface area (Å²) in [5, 5.41) is 3.37. The average Bonchev–Trinajstić information content (AvgIpc) is 3.38. The van der Waals surface area contributed by atoms with Gasteiger partial charge in [-0.1, -0.05) is 13.8 Å². The molecular weight excluding hydrogens is 468 g/mol. The molecule has 1 aliphatic carbocycles. The Kier molecular flexibility index (Phi) is 8.45. The van der Waals surface area contributed by atoms with E-state index in [1.54, 1.807) is 11.2 Å². The summed E-state index contributed by atoms with van der Waals surface area (Å²) in [6.07, 6.45) is 7.13. The fraction of sp³-hybridized carbons (Fsp3) is 0.621. The summed E-state index contributed by atoms with van der Waals surface area (Å²) in [6.45, 7) is 12.1. The molecule has 0 spiro atoms. The van der Waals surface area contributed by atoms with Crippen LogP contribution in [0.5, 0.6) is 0 Å². The number of amides is 2. The number of carbonyl (C=O) groups excluding carboxylic acids is 2. The van der Waals surface area contributed by atoms with Crippen LogP contribution in [0.3, 0.4) is 0 Å². The van der Waals surface area contributed by atoms with E-state index in [9.17, 15) is 9.59 Å². The largest absolute Gasteiger partial charge is 0.467 e. The highest BCUT2D eigenvalue weighted by Crippen LogP contribution is 2.28. The molecule has 1 saturated heterocycles. The maximum Gasteiger partial charge on any atom is 0.410 e. The smallest absolute Gasteiger partial charge is 0.410 e. The molecule has 37 heavy (non-hydrogen) atoms. The number of nitrogens with one attached hydrogen (secondary N) is 1. The van der Waals surface area contributed by atoms with Crippen molar-refractivity contribution in [2.45, 2.75) is 91.3 Å². The van der Waals surface area contributed by atoms with E-state index in [-0.39, 0.29) is 24.0 Å². The van der Waals surface area contributed by atoms with Crippen molar-refractivity contribution in [3.05, 3.63) is 47.0 Å². The molecule has 202 valence electrons. The highest BCUT2D eigenvalue weighted by Gasteiger charge is 2.34. The molecule has 4 rings (SSSR count). The second-order valence-corrected chi connectivity index (χ2v) is 11.7. The van der Waals surface area contributed by atoms with Gasteiger partial charge < -0.3 is 24.3 Å². The Morgan fingerprint density at radius 1 is 1.24 bits per heavy atom. The van der Waals surface area contributed by atoms with Crippen LogP contribution in [0.25, 0.3) is 0 Å². The Hall–Kier alpha value is -3.03. The predicted molar refractivity (Wildman–Crippen MR) is 144 cm³/mol. The summed E-state index contributed by atoms with van der Waals surface area (Å²) < 4.78 is 11.1. The SMILES string of the molecule is CC(C)CN(C(=O)c1cc2c(nc1NCc1ccco1)CCCC2)C1CCCN(C(=O)OC(C)(C)C)C1. The van der Waals surface area contributed by atoms with Crippen LogP contribution in [0.1, 0.15) is 87.7 Å². The number of hydrogen-bond donors (Lipinski definition) is 1. The molecule has 3 heterocycles. The summed E-state index contributed by atoms with van der Waals surface area (Å²) in [6, 6.07) is 5.74. The van der Waals surface area contributed by atoms with Crippen molar-refractivity contribution in [2.24, 2.45) is 5.92 Å². The van der Waals surface area contributed by atoms with Gasteiger partial charge in [0.1, 0.15) is 17.2 Å². The lowest BCUT2D eigenvalue weighted by Gasteiger charge is -2.40. The molecular formula is C29H42N4O4. The molecule has 1 fully saturated rings. The zero-order chi connectivity index (χ0) is 26.6. The summed E-state index contributed by atoms with van der Waals surface area (Å²) in [5.74, 6) is 1.64. The Labute approximate surface area is 220 Å². The van der Waals surface area contributed by atoms with Crippen LogP contribution in [0.15, 0.2) is 28.9 Å². The van der Waals surface area contributed by atoms with E-state index >= 15 is 0 Å². The minimum atomic E-state index is -0.555. The van der Waals surface area contributed by atoms with Gasteiger partial charge in [-0.3, -0.25) is 4.79 Å². The van der Waals surface area contributed by atoms with Crippen molar-refractivity contribution in [3.8, 4) is 0 Å². The van der Waals surface area contributed by atoms with Crippen LogP contribution in [-0.4, -0.2) is 58.1 Å². The maximum atomic E-state index is 14.2. The second-order valence-electron chi connectivity index (χ2n) is 11.7. The van der Waals surface area contributed by atoms with Gasteiger partial charge in [0.05, 0.1) is 18.4 Å². The molecule has 2 aromatic rings. The summed E-state index contributed by atoms with van der Waals surface area (Å²) in [5.41, 5.74) is 2.29.